The van der Waals surface area contributed by atoms with E-state index < -0.39 is 36.3 Å². The van der Waals surface area contributed by atoms with Gasteiger partial charge in [-0.1, -0.05) is 6.07 Å². The molecule has 21 heavy (non-hydrogen) atoms. The molecule has 1 aliphatic rings. The lowest BCUT2D eigenvalue weighted by Crippen LogP contribution is -2.42. The molecule has 2 atom stereocenters. The lowest BCUT2D eigenvalue weighted by molar-refractivity contribution is -0.167. The minimum absolute atomic E-state index is 0.0285. The Hall–Kier alpha value is -1.95. The molecule has 1 aromatic heterocycles. The number of carboxylic acid groups (broad SMARTS) is 1. The molecule has 3 rings (SSSR count). The van der Waals surface area contributed by atoms with Crippen LogP contribution in [0.5, 0.6) is 0 Å². The Kier molecular flexibility index (Phi) is 3.02. The number of carbonyl (C=O) groups is 1. The molecule has 0 bridgehead atoms. The number of hydrogen-bond acceptors (Lipinski definition) is 3. The van der Waals surface area contributed by atoms with Gasteiger partial charge in [-0.25, -0.2) is 13.6 Å². The summed E-state index contributed by atoms with van der Waals surface area (Å²) in [6.07, 6.45) is 0.387. The Balaban J connectivity index is 2.06. The number of furan rings is 1. The van der Waals surface area contributed by atoms with E-state index in [-0.39, 0.29) is 12.0 Å². The van der Waals surface area contributed by atoms with Gasteiger partial charge < -0.3 is 14.6 Å². The zero-order valence-corrected chi connectivity index (χ0v) is 11.1. The molecule has 1 fully saturated rings. The summed E-state index contributed by atoms with van der Waals surface area (Å²) in [6.45, 7) is 0. The third kappa shape index (κ3) is 2.19. The van der Waals surface area contributed by atoms with Crippen LogP contribution in [0.2, 0.25) is 0 Å². The zero-order chi connectivity index (χ0) is 15.3. The number of benzene rings is 1. The lowest BCUT2D eigenvalue weighted by atomic mass is 9.80. The quantitative estimate of drug-likeness (QED) is 0.912. The third-order valence-corrected chi connectivity index (χ3v) is 4.21. The van der Waals surface area contributed by atoms with Crippen LogP contribution in [-0.2, 0) is 10.4 Å². The van der Waals surface area contributed by atoms with Crippen LogP contribution < -0.4 is 0 Å². The summed E-state index contributed by atoms with van der Waals surface area (Å²) in [7, 11) is 0. The molecule has 1 aromatic carbocycles. The summed E-state index contributed by atoms with van der Waals surface area (Å²) in [5, 5.41) is 20.7. The molecule has 1 heterocycles. The molecule has 2 N–H and O–H groups in total. The summed E-state index contributed by atoms with van der Waals surface area (Å²) in [5.41, 5.74) is -1.67. The molecule has 112 valence electrons. The summed E-state index contributed by atoms with van der Waals surface area (Å²) in [5.74, 6) is -5.45. The number of carboxylic acids is 1. The van der Waals surface area contributed by atoms with Crippen molar-refractivity contribution in [3.05, 3.63) is 36.1 Å². The SMILES string of the molecule is O=C(O)[C@](O)(c1ccc2occc2c1)[C@@H]1CCC(F)(F)C1. The van der Waals surface area contributed by atoms with Crippen molar-refractivity contribution in [3.63, 3.8) is 0 Å². The number of hydrogen-bond donors (Lipinski definition) is 2. The van der Waals surface area contributed by atoms with Crippen LogP contribution in [0.4, 0.5) is 8.78 Å². The average Bonchev–Trinajstić information content (AvgIpc) is 3.02. The molecule has 0 aliphatic heterocycles. The Morgan fingerprint density at radius 3 is 2.76 bits per heavy atom. The fourth-order valence-corrected chi connectivity index (χ4v) is 3.04. The Labute approximate surface area is 119 Å². The molecule has 0 spiro atoms. The highest BCUT2D eigenvalue weighted by atomic mass is 19.3. The Bertz CT molecular complexity index is 694. The highest BCUT2D eigenvalue weighted by Gasteiger charge is 2.53. The molecule has 1 aliphatic carbocycles. The standard InChI is InChI=1S/C15H14F2O4/c16-14(17)5-3-11(8-14)15(20,13(18)19)10-1-2-12-9(7-10)4-6-21-12/h1-2,4,6-7,11,20H,3,5,8H2,(H,18,19)/t11-,15+/m1/s1. The number of fused-ring (bicyclic) bond motifs is 1. The van der Waals surface area contributed by atoms with Gasteiger partial charge in [0.25, 0.3) is 0 Å². The molecule has 4 nitrogen and oxygen atoms in total. The van der Waals surface area contributed by atoms with Crippen molar-refractivity contribution < 1.29 is 28.2 Å². The van der Waals surface area contributed by atoms with Crippen molar-refractivity contribution in [2.45, 2.75) is 30.8 Å². The zero-order valence-electron chi connectivity index (χ0n) is 11.1. The minimum atomic E-state index is -2.92. The first-order valence-electron chi connectivity index (χ1n) is 6.64. The maximum atomic E-state index is 13.4. The van der Waals surface area contributed by atoms with Crippen LogP contribution in [0, 0.1) is 5.92 Å². The van der Waals surface area contributed by atoms with E-state index in [0.717, 1.165) is 0 Å². The normalized spacial score (nSPS) is 24.0. The predicted molar refractivity (Wildman–Crippen MR) is 70.0 cm³/mol. The second-order valence-corrected chi connectivity index (χ2v) is 5.54. The number of aliphatic hydroxyl groups is 1. The summed E-state index contributed by atoms with van der Waals surface area (Å²) in [4.78, 5) is 11.6. The van der Waals surface area contributed by atoms with Crippen molar-refractivity contribution in [2.75, 3.05) is 0 Å². The van der Waals surface area contributed by atoms with Gasteiger partial charge >= 0.3 is 5.97 Å². The van der Waals surface area contributed by atoms with Gasteiger partial charge in [0.05, 0.1) is 6.26 Å². The van der Waals surface area contributed by atoms with Crippen molar-refractivity contribution in [2.24, 2.45) is 5.92 Å². The summed E-state index contributed by atoms with van der Waals surface area (Å²) < 4.78 is 31.9. The largest absolute Gasteiger partial charge is 0.479 e. The third-order valence-electron chi connectivity index (χ3n) is 4.21. The molecular weight excluding hydrogens is 282 g/mol. The lowest BCUT2D eigenvalue weighted by Gasteiger charge is -2.30. The van der Waals surface area contributed by atoms with Crippen LogP contribution in [0.15, 0.2) is 34.9 Å². The van der Waals surface area contributed by atoms with Crippen LogP contribution in [0.3, 0.4) is 0 Å². The van der Waals surface area contributed by atoms with Gasteiger partial charge in [-0.2, -0.15) is 0 Å². The topological polar surface area (TPSA) is 70.7 Å². The molecule has 0 amide bonds. The Morgan fingerprint density at radius 2 is 2.14 bits per heavy atom. The van der Waals surface area contributed by atoms with E-state index >= 15 is 0 Å². The van der Waals surface area contributed by atoms with Crippen molar-refractivity contribution in [1.82, 2.24) is 0 Å². The van der Waals surface area contributed by atoms with Crippen molar-refractivity contribution in [3.8, 4) is 0 Å². The van der Waals surface area contributed by atoms with Gasteiger partial charge in [-0.05, 0) is 30.2 Å². The fraction of sp³-hybridized carbons (Fsp3) is 0.400. The number of rotatable bonds is 3. The highest BCUT2D eigenvalue weighted by Crippen LogP contribution is 2.47. The van der Waals surface area contributed by atoms with Gasteiger partial charge in [0.2, 0.25) is 5.92 Å². The van der Waals surface area contributed by atoms with E-state index in [2.05, 4.69) is 0 Å². The van der Waals surface area contributed by atoms with E-state index in [4.69, 9.17) is 4.42 Å². The molecule has 2 aromatic rings. The molecule has 1 saturated carbocycles. The van der Waals surface area contributed by atoms with Gasteiger partial charge in [0, 0.05) is 24.1 Å². The van der Waals surface area contributed by atoms with E-state index in [1.54, 1.807) is 6.07 Å². The van der Waals surface area contributed by atoms with Gasteiger partial charge in [0.15, 0.2) is 5.60 Å². The van der Waals surface area contributed by atoms with Crippen molar-refractivity contribution >= 4 is 16.9 Å². The molecule has 0 radical (unpaired) electrons. The molecule has 0 unspecified atom stereocenters. The predicted octanol–water partition coefficient (Wildman–Crippen LogP) is 3.14. The van der Waals surface area contributed by atoms with Gasteiger partial charge in [-0.3, -0.25) is 0 Å². The van der Waals surface area contributed by atoms with Crippen LogP contribution in [0.25, 0.3) is 11.0 Å². The smallest absolute Gasteiger partial charge is 0.340 e. The molecule has 0 saturated heterocycles. The van der Waals surface area contributed by atoms with Gasteiger partial charge in [0.1, 0.15) is 5.58 Å². The van der Waals surface area contributed by atoms with Crippen LogP contribution in [0.1, 0.15) is 24.8 Å². The van der Waals surface area contributed by atoms with E-state index in [1.807, 2.05) is 0 Å². The number of aliphatic carboxylic acids is 1. The number of alkyl halides is 2. The van der Waals surface area contributed by atoms with E-state index in [0.29, 0.717) is 11.0 Å². The van der Waals surface area contributed by atoms with E-state index in [1.165, 1.54) is 24.5 Å². The van der Waals surface area contributed by atoms with Crippen LogP contribution >= 0.6 is 0 Å². The fourth-order valence-electron chi connectivity index (χ4n) is 3.04. The second kappa shape index (κ2) is 4.53. The first-order chi connectivity index (χ1) is 9.83. The molecular formula is C15H14F2O4. The Morgan fingerprint density at radius 1 is 1.38 bits per heavy atom. The molecule has 6 heteroatoms. The first kappa shape index (κ1) is 14.0. The summed E-state index contributed by atoms with van der Waals surface area (Å²) >= 11 is 0. The maximum absolute atomic E-state index is 13.4. The average molecular weight is 296 g/mol. The van der Waals surface area contributed by atoms with E-state index in [9.17, 15) is 23.8 Å². The van der Waals surface area contributed by atoms with Crippen molar-refractivity contribution in [1.29, 1.82) is 0 Å². The second-order valence-electron chi connectivity index (χ2n) is 5.54. The minimum Gasteiger partial charge on any atom is -0.479 e. The highest BCUT2D eigenvalue weighted by molar-refractivity contribution is 5.84. The van der Waals surface area contributed by atoms with Crippen LogP contribution in [-0.4, -0.2) is 22.1 Å². The number of halogens is 2. The monoisotopic (exact) mass is 296 g/mol. The first-order valence-corrected chi connectivity index (χ1v) is 6.64. The maximum Gasteiger partial charge on any atom is 0.340 e. The van der Waals surface area contributed by atoms with Gasteiger partial charge in [-0.15, -0.1) is 0 Å². The summed E-state index contributed by atoms with van der Waals surface area (Å²) in [6, 6.07) is 6.05.